The highest BCUT2D eigenvalue weighted by atomic mass is 16.7. The maximum Gasteiger partial charge on any atom is 0.239 e. The highest BCUT2D eigenvalue weighted by molar-refractivity contribution is 5.88. The molecule has 0 bridgehead atoms. The van der Waals surface area contributed by atoms with Gasteiger partial charge in [0.2, 0.25) is 29.5 Å². The molecule has 0 saturated carbocycles. The number of aliphatic hydroxyl groups is 8. The first-order valence-electron chi connectivity index (χ1n) is 13.3. The van der Waals surface area contributed by atoms with Crippen molar-refractivity contribution in [1.82, 2.24) is 0 Å². The third-order valence-corrected chi connectivity index (χ3v) is 7.41. The predicted molar refractivity (Wildman–Crippen MR) is 143 cm³/mol. The van der Waals surface area contributed by atoms with Crippen LogP contribution in [0.3, 0.4) is 0 Å². The highest BCUT2D eigenvalue weighted by Gasteiger charge is 2.46. The van der Waals surface area contributed by atoms with Crippen LogP contribution in [0.1, 0.15) is 0 Å². The second-order valence-corrected chi connectivity index (χ2v) is 10.4. The van der Waals surface area contributed by atoms with Gasteiger partial charge in [0, 0.05) is 17.7 Å². The summed E-state index contributed by atoms with van der Waals surface area (Å²) >= 11 is 0. The molecule has 0 radical (unpaired) electrons. The van der Waals surface area contributed by atoms with Gasteiger partial charge in [0.1, 0.15) is 71.3 Å². The summed E-state index contributed by atoms with van der Waals surface area (Å²) in [6.07, 6.45) is -17.8. The molecular weight excluding hydrogens is 612 g/mol. The average molecular weight is 643 g/mol. The molecule has 0 amide bonds. The summed E-state index contributed by atoms with van der Waals surface area (Å²) in [6.45, 7) is -1.64. The predicted octanol–water partition coefficient (Wildman–Crippen LogP) is -3.36. The van der Waals surface area contributed by atoms with Gasteiger partial charge < -0.3 is 84.6 Å². The zero-order chi connectivity index (χ0) is 32.9. The van der Waals surface area contributed by atoms with Gasteiger partial charge in [-0.15, -0.1) is 0 Å². The summed E-state index contributed by atoms with van der Waals surface area (Å²) in [5, 5.41) is 121. The van der Waals surface area contributed by atoms with Gasteiger partial charge in [-0.1, -0.05) is 0 Å². The van der Waals surface area contributed by atoms with Crippen LogP contribution in [0.4, 0.5) is 0 Å². The minimum Gasteiger partial charge on any atom is -0.508 e. The van der Waals surface area contributed by atoms with Crippen LogP contribution in [-0.2, 0) is 9.47 Å². The third kappa shape index (κ3) is 5.79. The first-order chi connectivity index (χ1) is 21.3. The molecule has 2 aromatic carbocycles. The van der Waals surface area contributed by atoms with Crippen LogP contribution >= 0.6 is 0 Å². The van der Waals surface area contributed by atoms with E-state index in [-0.39, 0.29) is 5.56 Å². The van der Waals surface area contributed by atoms with E-state index < -0.39 is 131 Å². The largest absolute Gasteiger partial charge is 0.508 e. The Kier molecular flexibility index (Phi) is 8.97. The molecule has 10 unspecified atom stereocenters. The molecule has 18 nitrogen and oxygen atoms in total. The Bertz CT molecular complexity index is 1600. The lowest BCUT2D eigenvalue weighted by Gasteiger charge is -2.39. The monoisotopic (exact) mass is 642 g/mol. The van der Waals surface area contributed by atoms with Crippen molar-refractivity contribution >= 4 is 11.0 Å². The molecule has 3 heterocycles. The van der Waals surface area contributed by atoms with Gasteiger partial charge in [0.25, 0.3) is 0 Å². The van der Waals surface area contributed by atoms with Crippen molar-refractivity contribution in [1.29, 1.82) is 0 Å². The Balaban J connectivity index is 1.63. The quantitative estimate of drug-likeness (QED) is 0.112. The molecule has 0 spiro atoms. The first kappa shape index (κ1) is 32.4. The molecular formula is C27H30O18. The van der Waals surface area contributed by atoms with Gasteiger partial charge in [-0.05, 0) is 12.1 Å². The zero-order valence-electron chi connectivity index (χ0n) is 22.8. The van der Waals surface area contributed by atoms with Crippen LogP contribution in [0.15, 0.2) is 33.5 Å². The molecule has 246 valence electrons. The number of aliphatic hydroxyl groups excluding tert-OH is 8. The number of benzene rings is 2. The summed E-state index contributed by atoms with van der Waals surface area (Å²) in [5.41, 5.74) is -1.88. The number of rotatable bonds is 7. The van der Waals surface area contributed by atoms with Crippen molar-refractivity contribution < 1.29 is 84.6 Å². The molecule has 2 fully saturated rings. The van der Waals surface area contributed by atoms with Crippen LogP contribution in [0.2, 0.25) is 0 Å². The van der Waals surface area contributed by atoms with Crippen molar-refractivity contribution in [2.24, 2.45) is 0 Å². The van der Waals surface area contributed by atoms with Crippen molar-refractivity contribution in [3.05, 3.63) is 34.5 Å². The van der Waals surface area contributed by atoms with Gasteiger partial charge in [0.05, 0.1) is 13.2 Å². The molecule has 45 heavy (non-hydrogen) atoms. The van der Waals surface area contributed by atoms with Crippen molar-refractivity contribution in [3.63, 3.8) is 0 Å². The molecule has 18 heteroatoms. The van der Waals surface area contributed by atoms with Gasteiger partial charge in [-0.3, -0.25) is 4.79 Å². The molecule has 3 aromatic rings. The Hall–Kier alpha value is -3.95. The fraction of sp³-hybridized carbons (Fsp3) is 0.444. The van der Waals surface area contributed by atoms with Gasteiger partial charge >= 0.3 is 0 Å². The van der Waals surface area contributed by atoms with Crippen LogP contribution in [-0.4, -0.2) is 136 Å². The van der Waals surface area contributed by atoms with Crippen molar-refractivity contribution in [2.45, 2.75) is 61.4 Å². The van der Waals surface area contributed by atoms with E-state index >= 15 is 0 Å². The average Bonchev–Trinajstić information content (AvgIpc) is 3.00. The molecule has 2 saturated heterocycles. The Morgan fingerprint density at radius 3 is 1.78 bits per heavy atom. The standard InChI is InChI=1S/C27H30O18/c28-5-13-17(34)20(37)22(39)26(43-13)42-12-2-7(1-10(32)16(12)33)24-25(19(36)15-9(31)3-8(30)4-11(15)41-24)45-27-23(40)21(38)18(35)14(6-29)44-27/h1-4,13-14,17-18,20-23,26-35,37-40H,5-6H2. The number of phenols is 4. The lowest BCUT2D eigenvalue weighted by atomic mass is 9.99. The summed E-state index contributed by atoms with van der Waals surface area (Å²) in [7, 11) is 0. The molecule has 5 rings (SSSR count). The summed E-state index contributed by atoms with van der Waals surface area (Å²) in [5.74, 6) is -5.24. The fourth-order valence-corrected chi connectivity index (χ4v) is 4.95. The van der Waals surface area contributed by atoms with E-state index in [1.807, 2.05) is 0 Å². The van der Waals surface area contributed by atoms with Gasteiger partial charge in [0.15, 0.2) is 17.3 Å². The summed E-state index contributed by atoms with van der Waals surface area (Å²) < 4.78 is 27.4. The van der Waals surface area contributed by atoms with Crippen LogP contribution in [0, 0.1) is 0 Å². The third-order valence-electron chi connectivity index (χ3n) is 7.41. The molecule has 2 aliphatic rings. The van der Waals surface area contributed by atoms with Gasteiger partial charge in [-0.25, -0.2) is 0 Å². The van der Waals surface area contributed by atoms with Gasteiger partial charge in [-0.2, -0.15) is 0 Å². The summed E-state index contributed by atoms with van der Waals surface area (Å²) in [6, 6.07) is 3.55. The smallest absolute Gasteiger partial charge is 0.239 e. The van der Waals surface area contributed by atoms with E-state index in [0.717, 1.165) is 24.3 Å². The van der Waals surface area contributed by atoms with Crippen LogP contribution < -0.4 is 14.9 Å². The SMILES string of the molecule is O=c1c(OC2OC(CO)C(O)C(O)C2O)c(-c2cc(O)c(O)c(OC3OC(CO)C(O)C(O)C3O)c2)oc2cc(O)cc(O)c12. The lowest BCUT2D eigenvalue weighted by molar-refractivity contribution is -0.277. The van der Waals surface area contributed by atoms with Crippen LogP contribution in [0.5, 0.6) is 34.5 Å². The Morgan fingerprint density at radius 2 is 1.22 bits per heavy atom. The maximum absolute atomic E-state index is 13.7. The Morgan fingerprint density at radius 1 is 0.667 bits per heavy atom. The number of aromatic hydroxyl groups is 4. The zero-order valence-corrected chi connectivity index (χ0v) is 22.8. The number of fused-ring (bicyclic) bond motifs is 1. The van der Waals surface area contributed by atoms with E-state index in [4.69, 9.17) is 23.4 Å². The minimum atomic E-state index is -2.00. The van der Waals surface area contributed by atoms with Crippen molar-refractivity contribution in [3.8, 4) is 45.8 Å². The number of phenolic OH excluding ortho intramolecular Hbond substituents is 4. The number of hydrogen-bond donors (Lipinski definition) is 12. The second kappa shape index (κ2) is 12.4. The van der Waals surface area contributed by atoms with E-state index in [9.17, 15) is 66.1 Å². The van der Waals surface area contributed by atoms with E-state index in [2.05, 4.69) is 0 Å². The van der Waals surface area contributed by atoms with E-state index in [1.54, 1.807) is 0 Å². The number of ether oxygens (including phenoxy) is 4. The molecule has 0 aliphatic carbocycles. The molecule has 1 aromatic heterocycles. The number of hydrogen-bond acceptors (Lipinski definition) is 18. The topological polar surface area (TPSA) is 310 Å². The van der Waals surface area contributed by atoms with Crippen molar-refractivity contribution in [2.75, 3.05) is 13.2 Å². The summed E-state index contributed by atoms with van der Waals surface area (Å²) in [4.78, 5) is 13.7. The molecule has 2 aliphatic heterocycles. The molecule has 12 N–H and O–H groups in total. The highest BCUT2D eigenvalue weighted by Crippen LogP contribution is 2.44. The lowest BCUT2D eigenvalue weighted by Crippen LogP contribution is -2.60. The second-order valence-electron chi connectivity index (χ2n) is 10.4. The first-order valence-corrected chi connectivity index (χ1v) is 13.3. The maximum atomic E-state index is 13.7. The molecule has 10 atom stereocenters. The van der Waals surface area contributed by atoms with E-state index in [1.165, 1.54) is 0 Å². The van der Waals surface area contributed by atoms with Crippen LogP contribution in [0.25, 0.3) is 22.3 Å². The fourth-order valence-electron chi connectivity index (χ4n) is 4.95. The van der Waals surface area contributed by atoms with E-state index in [0.29, 0.717) is 0 Å². The Labute approximate surface area is 250 Å². The normalized spacial score (nSPS) is 32.0. The minimum absolute atomic E-state index is 0.327.